The molecule has 0 radical (unpaired) electrons. The summed E-state index contributed by atoms with van der Waals surface area (Å²) >= 11 is 0. The van der Waals surface area contributed by atoms with Crippen LogP contribution < -0.4 is 5.32 Å². The number of nitrogens with zero attached hydrogens (tertiary/aromatic N) is 1. The molecule has 0 aliphatic heterocycles. The first-order chi connectivity index (χ1) is 9.90. The molecule has 1 amide bonds. The van der Waals surface area contributed by atoms with Crippen LogP contribution in [-0.4, -0.2) is 21.9 Å². The van der Waals surface area contributed by atoms with Gasteiger partial charge in [0.05, 0.1) is 22.8 Å². The van der Waals surface area contributed by atoms with Crippen LogP contribution in [0, 0.1) is 27.8 Å². The summed E-state index contributed by atoms with van der Waals surface area (Å²) in [5.74, 6) is -3.95. The molecule has 1 aromatic carbocycles. The summed E-state index contributed by atoms with van der Waals surface area (Å²) in [6.07, 6.45) is 1.43. The smallest absolute Gasteiger partial charge is 0.307 e. The van der Waals surface area contributed by atoms with Gasteiger partial charge in [0.1, 0.15) is 11.5 Å². The molecule has 21 heavy (non-hydrogen) atoms. The Labute approximate surface area is 118 Å². The summed E-state index contributed by atoms with van der Waals surface area (Å²) in [7, 11) is 0. The van der Waals surface area contributed by atoms with Crippen molar-refractivity contribution in [2.45, 2.75) is 19.3 Å². The van der Waals surface area contributed by atoms with E-state index in [4.69, 9.17) is 5.11 Å². The highest BCUT2D eigenvalue weighted by atomic mass is 19.1. The number of hydrogen-bond donors (Lipinski definition) is 2. The molecule has 0 aromatic heterocycles. The lowest BCUT2D eigenvalue weighted by atomic mass is 9.95. The van der Waals surface area contributed by atoms with E-state index >= 15 is 0 Å². The Balaban J connectivity index is 2.20. The average molecular weight is 296 g/mol. The summed E-state index contributed by atoms with van der Waals surface area (Å²) in [4.78, 5) is 33.2. The van der Waals surface area contributed by atoms with Gasteiger partial charge >= 0.3 is 5.97 Å². The molecular weight excluding hydrogens is 283 g/mol. The van der Waals surface area contributed by atoms with Crippen molar-refractivity contribution in [3.05, 3.63) is 34.1 Å². The maximum Gasteiger partial charge on any atom is 0.307 e. The van der Waals surface area contributed by atoms with Crippen molar-refractivity contribution in [3.8, 4) is 0 Å². The SMILES string of the molecule is O=C(O)[C@H]1CCC[C@H]1C(=O)Nc1ccc(F)cc1[N+](=O)[O-]. The molecule has 0 saturated heterocycles. The highest BCUT2D eigenvalue weighted by molar-refractivity contribution is 5.97. The number of benzene rings is 1. The molecule has 2 N–H and O–H groups in total. The molecule has 1 saturated carbocycles. The van der Waals surface area contributed by atoms with Crippen LogP contribution in [0.3, 0.4) is 0 Å². The van der Waals surface area contributed by atoms with E-state index in [0.29, 0.717) is 25.3 Å². The van der Waals surface area contributed by atoms with Crippen molar-refractivity contribution in [2.24, 2.45) is 11.8 Å². The normalized spacial score (nSPS) is 21.0. The van der Waals surface area contributed by atoms with E-state index < -0.39 is 40.1 Å². The minimum atomic E-state index is -1.05. The molecule has 0 heterocycles. The quantitative estimate of drug-likeness (QED) is 0.653. The summed E-state index contributed by atoms with van der Waals surface area (Å²) < 4.78 is 13.0. The third-order valence-corrected chi connectivity index (χ3v) is 3.58. The first kappa shape index (κ1) is 14.9. The number of carbonyl (C=O) groups excluding carboxylic acids is 1. The Hall–Kier alpha value is -2.51. The molecule has 2 atom stereocenters. The van der Waals surface area contributed by atoms with Crippen LogP contribution in [-0.2, 0) is 9.59 Å². The van der Waals surface area contributed by atoms with Crippen molar-refractivity contribution in [2.75, 3.05) is 5.32 Å². The third kappa shape index (κ3) is 3.15. The Kier molecular flexibility index (Phi) is 4.15. The number of amides is 1. The van der Waals surface area contributed by atoms with Crippen molar-refractivity contribution in [1.82, 2.24) is 0 Å². The second-order valence-electron chi connectivity index (χ2n) is 4.89. The number of rotatable bonds is 4. The van der Waals surface area contributed by atoms with Gasteiger partial charge in [0.15, 0.2) is 0 Å². The van der Waals surface area contributed by atoms with E-state index in [1.54, 1.807) is 0 Å². The van der Waals surface area contributed by atoms with E-state index in [-0.39, 0.29) is 5.69 Å². The fraction of sp³-hybridized carbons (Fsp3) is 0.385. The van der Waals surface area contributed by atoms with Crippen LogP contribution in [0.25, 0.3) is 0 Å². The van der Waals surface area contributed by atoms with Gasteiger partial charge in [0.25, 0.3) is 5.69 Å². The lowest BCUT2D eigenvalue weighted by Crippen LogP contribution is -2.30. The van der Waals surface area contributed by atoms with Crippen molar-refractivity contribution in [3.63, 3.8) is 0 Å². The monoisotopic (exact) mass is 296 g/mol. The van der Waals surface area contributed by atoms with Gasteiger partial charge in [-0.1, -0.05) is 6.42 Å². The third-order valence-electron chi connectivity index (χ3n) is 3.58. The van der Waals surface area contributed by atoms with Crippen LogP contribution >= 0.6 is 0 Å². The molecular formula is C13H13FN2O5. The zero-order chi connectivity index (χ0) is 15.6. The minimum absolute atomic E-state index is 0.137. The number of hydrogen-bond acceptors (Lipinski definition) is 4. The van der Waals surface area contributed by atoms with Crippen LogP contribution in [0.1, 0.15) is 19.3 Å². The second-order valence-corrected chi connectivity index (χ2v) is 4.89. The minimum Gasteiger partial charge on any atom is -0.481 e. The fourth-order valence-corrected chi connectivity index (χ4v) is 2.56. The molecule has 1 aliphatic rings. The van der Waals surface area contributed by atoms with Gasteiger partial charge in [0.2, 0.25) is 5.91 Å². The zero-order valence-electron chi connectivity index (χ0n) is 10.9. The molecule has 8 heteroatoms. The standard InChI is InChI=1S/C13H13FN2O5/c14-7-4-5-10(11(6-7)16(20)21)15-12(17)8-2-1-3-9(8)13(18)19/h4-6,8-9H,1-3H2,(H,15,17)(H,18,19)/t8-,9+/m1/s1. The summed E-state index contributed by atoms with van der Waals surface area (Å²) in [6.45, 7) is 0. The number of carboxylic acids is 1. The second kappa shape index (κ2) is 5.86. The average Bonchev–Trinajstić information content (AvgIpc) is 2.90. The topological polar surface area (TPSA) is 110 Å². The molecule has 0 bridgehead atoms. The van der Waals surface area contributed by atoms with Crippen LogP contribution in [0.15, 0.2) is 18.2 Å². The van der Waals surface area contributed by atoms with E-state index in [1.807, 2.05) is 0 Å². The van der Waals surface area contributed by atoms with Gasteiger partial charge in [-0.05, 0) is 25.0 Å². The first-order valence-corrected chi connectivity index (χ1v) is 6.37. The first-order valence-electron chi connectivity index (χ1n) is 6.37. The molecule has 2 rings (SSSR count). The number of halogens is 1. The number of anilines is 1. The van der Waals surface area contributed by atoms with Crippen molar-refractivity contribution < 1.29 is 24.0 Å². The molecule has 0 unspecified atom stereocenters. The number of carboxylic acid groups (broad SMARTS) is 1. The molecule has 0 spiro atoms. The number of aliphatic carboxylic acids is 1. The van der Waals surface area contributed by atoms with Crippen molar-refractivity contribution in [1.29, 1.82) is 0 Å². The molecule has 1 fully saturated rings. The Bertz CT molecular complexity index is 604. The van der Waals surface area contributed by atoms with Gasteiger partial charge in [-0.25, -0.2) is 4.39 Å². The van der Waals surface area contributed by atoms with Gasteiger partial charge in [-0.2, -0.15) is 0 Å². The number of nitrogens with one attached hydrogen (secondary N) is 1. The van der Waals surface area contributed by atoms with Gasteiger partial charge in [-0.3, -0.25) is 19.7 Å². The van der Waals surface area contributed by atoms with E-state index in [2.05, 4.69) is 5.32 Å². The summed E-state index contributed by atoms with van der Waals surface area (Å²) in [5, 5.41) is 22.2. The maximum atomic E-state index is 13.0. The Morgan fingerprint density at radius 1 is 1.33 bits per heavy atom. The number of nitro groups is 1. The highest BCUT2D eigenvalue weighted by Crippen LogP contribution is 2.34. The predicted molar refractivity (Wildman–Crippen MR) is 70.2 cm³/mol. The van der Waals surface area contributed by atoms with E-state index in [1.165, 1.54) is 0 Å². The van der Waals surface area contributed by atoms with E-state index in [0.717, 1.165) is 12.1 Å². The lowest BCUT2D eigenvalue weighted by Gasteiger charge is -2.15. The molecule has 112 valence electrons. The molecule has 1 aliphatic carbocycles. The Morgan fingerprint density at radius 3 is 2.62 bits per heavy atom. The largest absolute Gasteiger partial charge is 0.481 e. The fourth-order valence-electron chi connectivity index (χ4n) is 2.56. The predicted octanol–water partition coefficient (Wildman–Crippen LogP) is 2.17. The Morgan fingerprint density at radius 2 is 2.00 bits per heavy atom. The highest BCUT2D eigenvalue weighted by Gasteiger charge is 2.38. The van der Waals surface area contributed by atoms with Crippen LogP contribution in [0.4, 0.5) is 15.8 Å². The van der Waals surface area contributed by atoms with Crippen LogP contribution in [0.2, 0.25) is 0 Å². The van der Waals surface area contributed by atoms with Crippen LogP contribution in [0.5, 0.6) is 0 Å². The molecule has 7 nitrogen and oxygen atoms in total. The number of carbonyl (C=O) groups is 2. The van der Waals surface area contributed by atoms with Gasteiger partial charge in [-0.15, -0.1) is 0 Å². The lowest BCUT2D eigenvalue weighted by molar-refractivity contribution is -0.384. The maximum absolute atomic E-state index is 13.0. The zero-order valence-corrected chi connectivity index (χ0v) is 10.9. The van der Waals surface area contributed by atoms with E-state index in [9.17, 15) is 24.1 Å². The van der Waals surface area contributed by atoms with Crippen molar-refractivity contribution >= 4 is 23.3 Å². The summed E-state index contributed by atoms with van der Waals surface area (Å²) in [5.41, 5.74) is -0.698. The van der Waals surface area contributed by atoms with Gasteiger partial charge < -0.3 is 10.4 Å². The molecule has 1 aromatic rings. The number of nitro benzene ring substituents is 1. The summed E-state index contributed by atoms with van der Waals surface area (Å²) in [6, 6.07) is 2.79. The van der Waals surface area contributed by atoms with Gasteiger partial charge in [0, 0.05) is 0 Å².